The van der Waals surface area contributed by atoms with Gasteiger partial charge in [-0.2, -0.15) is 0 Å². The molecule has 1 aromatic heterocycles. The van der Waals surface area contributed by atoms with Gasteiger partial charge in [-0.3, -0.25) is 0 Å². The molecular weight excluding hydrogens is 268 g/mol. The van der Waals surface area contributed by atoms with E-state index in [1.807, 2.05) is 31.2 Å². The number of nitrogens with zero attached hydrogens (tertiary/aromatic N) is 1. The minimum atomic E-state index is -0.623. The third-order valence-corrected chi connectivity index (χ3v) is 4.10. The number of nitrogens with two attached hydrogens (primary N) is 1. The van der Waals surface area contributed by atoms with Crippen LogP contribution in [0.2, 0.25) is 5.02 Å². The van der Waals surface area contributed by atoms with Crippen LogP contribution in [0.1, 0.15) is 27.5 Å². The average molecular weight is 283 g/mol. The van der Waals surface area contributed by atoms with Gasteiger partial charge in [-0.1, -0.05) is 23.7 Å². The van der Waals surface area contributed by atoms with Gasteiger partial charge in [0.1, 0.15) is 0 Å². The molecule has 18 heavy (non-hydrogen) atoms. The van der Waals surface area contributed by atoms with Crippen molar-refractivity contribution in [2.45, 2.75) is 18.9 Å². The maximum absolute atomic E-state index is 10.4. The molecule has 0 radical (unpaired) electrons. The van der Waals surface area contributed by atoms with Crippen molar-refractivity contribution < 1.29 is 5.11 Å². The van der Waals surface area contributed by atoms with E-state index in [0.717, 1.165) is 15.4 Å². The monoisotopic (exact) mass is 282 g/mol. The van der Waals surface area contributed by atoms with Crippen molar-refractivity contribution in [1.29, 1.82) is 0 Å². The summed E-state index contributed by atoms with van der Waals surface area (Å²) in [5.74, 6) is -0.137. The predicted molar refractivity (Wildman–Crippen MR) is 75.1 cm³/mol. The first-order valence-electron chi connectivity index (χ1n) is 5.67. The zero-order valence-corrected chi connectivity index (χ0v) is 11.6. The van der Waals surface area contributed by atoms with Gasteiger partial charge in [-0.25, -0.2) is 4.98 Å². The third kappa shape index (κ3) is 2.90. The summed E-state index contributed by atoms with van der Waals surface area (Å²) in [6, 6.07) is 7.42. The van der Waals surface area contributed by atoms with Crippen molar-refractivity contribution in [1.82, 2.24) is 4.98 Å². The Morgan fingerprint density at radius 1 is 1.39 bits per heavy atom. The summed E-state index contributed by atoms with van der Waals surface area (Å²) in [6.45, 7) is 2.29. The van der Waals surface area contributed by atoms with Crippen LogP contribution >= 0.6 is 22.9 Å². The molecule has 3 nitrogen and oxygen atoms in total. The van der Waals surface area contributed by atoms with Gasteiger partial charge >= 0.3 is 0 Å². The fourth-order valence-corrected chi connectivity index (χ4v) is 2.83. The van der Waals surface area contributed by atoms with Gasteiger partial charge in [-0.05, 0) is 24.6 Å². The van der Waals surface area contributed by atoms with Crippen LogP contribution in [0.25, 0.3) is 0 Å². The lowest BCUT2D eigenvalue weighted by atomic mass is 9.93. The van der Waals surface area contributed by atoms with Gasteiger partial charge in [-0.15, -0.1) is 11.3 Å². The van der Waals surface area contributed by atoms with Crippen LogP contribution in [0, 0.1) is 6.92 Å². The maximum atomic E-state index is 10.4. The highest BCUT2D eigenvalue weighted by molar-refractivity contribution is 7.11. The quantitative estimate of drug-likeness (QED) is 0.906. The van der Waals surface area contributed by atoms with E-state index in [1.165, 1.54) is 11.3 Å². The Morgan fingerprint density at radius 3 is 2.56 bits per heavy atom. The summed E-state index contributed by atoms with van der Waals surface area (Å²) in [5, 5.41) is 12.0. The third-order valence-electron chi connectivity index (χ3n) is 2.86. The standard InChI is InChI=1S/C13H15ClN2OS/c1-8-16-7-12(18-8)13(17)11(6-15)9-2-4-10(14)5-3-9/h2-5,7,11,13,17H,6,15H2,1H3. The SMILES string of the molecule is Cc1ncc(C(O)C(CN)c2ccc(Cl)cc2)s1. The first kappa shape index (κ1) is 13.5. The van der Waals surface area contributed by atoms with E-state index < -0.39 is 6.10 Å². The van der Waals surface area contributed by atoms with E-state index in [4.69, 9.17) is 17.3 Å². The van der Waals surface area contributed by atoms with Crippen molar-refractivity contribution in [2.24, 2.45) is 5.73 Å². The molecular formula is C13H15ClN2OS. The zero-order valence-electron chi connectivity index (χ0n) is 10.0. The molecule has 3 N–H and O–H groups in total. The number of halogens is 1. The minimum absolute atomic E-state index is 0.137. The van der Waals surface area contributed by atoms with Gasteiger partial charge in [0, 0.05) is 23.7 Å². The Labute approximate surface area is 115 Å². The van der Waals surface area contributed by atoms with Gasteiger partial charge in [0.2, 0.25) is 0 Å². The van der Waals surface area contributed by atoms with Gasteiger partial charge in [0.05, 0.1) is 16.0 Å². The van der Waals surface area contributed by atoms with Crippen LogP contribution in [0.4, 0.5) is 0 Å². The summed E-state index contributed by atoms with van der Waals surface area (Å²) in [4.78, 5) is 5.00. The van der Waals surface area contributed by atoms with E-state index in [0.29, 0.717) is 11.6 Å². The summed E-state index contributed by atoms with van der Waals surface area (Å²) >= 11 is 7.35. The van der Waals surface area contributed by atoms with E-state index in [2.05, 4.69) is 4.98 Å². The second-order valence-corrected chi connectivity index (χ2v) is 5.82. The van der Waals surface area contributed by atoms with Crippen LogP contribution in [-0.2, 0) is 0 Å². The van der Waals surface area contributed by atoms with Gasteiger partial charge in [0.25, 0.3) is 0 Å². The summed E-state index contributed by atoms with van der Waals surface area (Å²) < 4.78 is 0. The fourth-order valence-electron chi connectivity index (χ4n) is 1.87. The van der Waals surface area contributed by atoms with E-state index in [9.17, 15) is 5.11 Å². The molecule has 2 unspecified atom stereocenters. The number of thiazole rings is 1. The predicted octanol–water partition coefficient (Wildman–Crippen LogP) is 2.88. The molecule has 5 heteroatoms. The van der Waals surface area contributed by atoms with Crippen LogP contribution in [0.15, 0.2) is 30.5 Å². The number of aliphatic hydroxyl groups is 1. The molecule has 1 aromatic carbocycles. The average Bonchev–Trinajstić information content (AvgIpc) is 2.79. The van der Waals surface area contributed by atoms with Crippen molar-refractivity contribution in [3.05, 3.63) is 50.9 Å². The van der Waals surface area contributed by atoms with Crippen molar-refractivity contribution in [2.75, 3.05) is 6.54 Å². The molecule has 96 valence electrons. The smallest absolute Gasteiger partial charge is 0.0978 e. The molecule has 0 saturated heterocycles. The highest BCUT2D eigenvalue weighted by Gasteiger charge is 2.23. The highest BCUT2D eigenvalue weighted by Crippen LogP contribution is 2.33. The van der Waals surface area contributed by atoms with Crippen LogP contribution in [0.5, 0.6) is 0 Å². The van der Waals surface area contributed by atoms with Crippen molar-refractivity contribution >= 4 is 22.9 Å². The van der Waals surface area contributed by atoms with E-state index >= 15 is 0 Å². The van der Waals surface area contributed by atoms with Crippen molar-refractivity contribution in [3.8, 4) is 0 Å². The number of benzene rings is 1. The Hall–Kier alpha value is -0.940. The second-order valence-electron chi connectivity index (χ2n) is 4.12. The molecule has 2 aromatic rings. The normalized spacial score (nSPS) is 14.4. The van der Waals surface area contributed by atoms with Crippen molar-refractivity contribution in [3.63, 3.8) is 0 Å². The Balaban J connectivity index is 2.25. The Kier molecular flexibility index (Phi) is 4.35. The summed E-state index contributed by atoms with van der Waals surface area (Å²) in [5.41, 5.74) is 6.77. The van der Waals surface area contributed by atoms with Gasteiger partial charge in [0.15, 0.2) is 0 Å². The number of aromatic nitrogens is 1. The second kappa shape index (κ2) is 5.80. The number of rotatable bonds is 4. The zero-order chi connectivity index (χ0) is 13.1. The summed E-state index contributed by atoms with van der Waals surface area (Å²) in [7, 11) is 0. The minimum Gasteiger partial charge on any atom is -0.387 e. The first-order chi connectivity index (χ1) is 8.61. The number of hydrogen-bond acceptors (Lipinski definition) is 4. The molecule has 0 aliphatic heterocycles. The number of aryl methyl sites for hydroxylation is 1. The largest absolute Gasteiger partial charge is 0.387 e. The maximum Gasteiger partial charge on any atom is 0.0978 e. The lowest BCUT2D eigenvalue weighted by Gasteiger charge is -2.20. The molecule has 0 saturated carbocycles. The molecule has 0 bridgehead atoms. The van der Waals surface area contributed by atoms with Crippen LogP contribution < -0.4 is 5.73 Å². The first-order valence-corrected chi connectivity index (χ1v) is 6.87. The molecule has 0 spiro atoms. The molecule has 2 rings (SSSR count). The van der Waals surface area contributed by atoms with Crippen LogP contribution in [-0.4, -0.2) is 16.6 Å². The highest BCUT2D eigenvalue weighted by atomic mass is 35.5. The lowest BCUT2D eigenvalue weighted by molar-refractivity contribution is 0.151. The van der Waals surface area contributed by atoms with Crippen LogP contribution in [0.3, 0.4) is 0 Å². The van der Waals surface area contributed by atoms with Gasteiger partial charge < -0.3 is 10.8 Å². The molecule has 0 amide bonds. The Morgan fingerprint density at radius 2 is 2.06 bits per heavy atom. The van der Waals surface area contributed by atoms with E-state index in [-0.39, 0.29) is 5.92 Å². The molecule has 2 atom stereocenters. The fraction of sp³-hybridized carbons (Fsp3) is 0.308. The topological polar surface area (TPSA) is 59.1 Å². The lowest BCUT2D eigenvalue weighted by Crippen LogP contribution is -2.19. The number of hydrogen-bond donors (Lipinski definition) is 2. The molecule has 0 aliphatic rings. The summed E-state index contributed by atoms with van der Waals surface area (Å²) in [6.07, 6.45) is 1.09. The van der Waals surface area contributed by atoms with E-state index in [1.54, 1.807) is 6.20 Å². The Bertz CT molecular complexity index is 512. The molecule has 0 fully saturated rings. The molecule has 1 heterocycles. The number of aliphatic hydroxyl groups excluding tert-OH is 1. The molecule has 0 aliphatic carbocycles.